The lowest BCUT2D eigenvalue weighted by Gasteiger charge is -2.28. The van der Waals surface area contributed by atoms with Crippen LogP contribution in [0, 0.1) is 6.92 Å². The minimum atomic E-state index is 0.0236. The Hall–Kier alpha value is -2.96. The Morgan fingerprint density at radius 3 is 2.60 bits per heavy atom. The zero-order valence-electron chi connectivity index (χ0n) is 14.4. The van der Waals surface area contributed by atoms with Gasteiger partial charge in [-0.25, -0.2) is 4.68 Å². The molecule has 0 spiro atoms. The van der Waals surface area contributed by atoms with Crippen molar-refractivity contribution in [1.82, 2.24) is 29.4 Å². The average molecular weight is 336 g/mol. The fourth-order valence-electron chi connectivity index (χ4n) is 3.15. The van der Waals surface area contributed by atoms with Gasteiger partial charge in [0, 0.05) is 31.3 Å². The maximum atomic E-state index is 12.8. The van der Waals surface area contributed by atoms with Gasteiger partial charge in [-0.15, -0.1) is 10.2 Å². The van der Waals surface area contributed by atoms with Crippen LogP contribution in [0.15, 0.2) is 36.5 Å². The van der Waals surface area contributed by atoms with Crippen LogP contribution in [0.4, 0.5) is 0 Å². The normalized spacial score (nSPS) is 13.8. The van der Waals surface area contributed by atoms with Gasteiger partial charge in [0.25, 0.3) is 5.91 Å². The molecule has 128 valence electrons. The molecule has 0 saturated heterocycles. The Morgan fingerprint density at radius 2 is 1.92 bits per heavy atom. The molecule has 1 aliphatic heterocycles. The molecule has 1 amide bonds. The Bertz CT molecular complexity index is 908. The number of amides is 1. The van der Waals surface area contributed by atoms with E-state index in [1.165, 1.54) is 0 Å². The van der Waals surface area contributed by atoms with Gasteiger partial charge in [0.1, 0.15) is 5.82 Å². The topological polar surface area (TPSA) is 68.8 Å². The van der Waals surface area contributed by atoms with Crippen LogP contribution in [0.3, 0.4) is 0 Å². The summed E-state index contributed by atoms with van der Waals surface area (Å²) in [5.41, 5.74) is 2.58. The van der Waals surface area contributed by atoms with E-state index in [-0.39, 0.29) is 5.91 Å². The molecule has 0 radical (unpaired) electrons. The summed E-state index contributed by atoms with van der Waals surface area (Å²) in [6.45, 7) is 5.95. The van der Waals surface area contributed by atoms with Crippen molar-refractivity contribution in [1.29, 1.82) is 0 Å². The molecule has 2 aromatic heterocycles. The summed E-state index contributed by atoms with van der Waals surface area (Å²) in [6.07, 6.45) is 2.77. The van der Waals surface area contributed by atoms with Crippen LogP contribution < -0.4 is 0 Å². The summed E-state index contributed by atoms with van der Waals surface area (Å²) in [5, 5.41) is 12.8. The molecule has 0 saturated carbocycles. The van der Waals surface area contributed by atoms with E-state index in [2.05, 4.69) is 26.8 Å². The summed E-state index contributed by atoms with van der Waals surface area (Å²) in [7, 11) is 0. The highest BCUT2D eigenvalue weighted by molar-refractivity contribution is 5.94. The highest BCUT2D eigenvalue weighted by Crippen LogP contribution is 2.17. The molecule has 0 unspecified atom stereocenters. The number of nitrogens with zero attached hydrogens (tertiary/aromatic N) is 6. The molecule has 4 rings (SSSR count). The van der Waals surface area contributed by atoms with Crippen molar-refractivity contribution in [2.45, 2.75) is 33.4 Å². The molecule has 0 aliphatic carbocycles. The minimum absolute atomic E-state index is 0.0236. The second-order valence-corrected chi connectivity index (χ2v) is 6.21. The van der Waals surface area contributed by atoms with Crippen LogP contribution >= 0.6 is 0 Å². The number of fused-ring (bicyclic) bond motifs is 1. The zero-order chi connectivity index (χ0) is 17.4. The van der Waals surface area contributed by atoms with Gasteiger partial charge in [0.2, 0.25) is 0 Å². The first kappa shape index (κ1) is 15.6. The van der Waals surface area contributed by atoms with Crippen molar-refractivity contribution in [2.24, 2.45) is 0 Å². The second-order valence-electron chi connectivity index (χ2n) is 6.21. The van der Waals surface area contributed by atoms with Gasteiger partial charge in [-0.3, -0.25) is 4.79 Å². The number of aromatic nitrogens is 5. The van der Waals surface area contributed by atoms with Crippen molar-refractivity contribution in [2.75, 3.05) is 6.54 Å². The van der Waals surface area contributed by atoms with Gasteiger partial charge < -0.3 is 9.47 Å². The largest absolute Gasteiger partial charge is 0.329 e. The Kier molecular flexibility index (Phi) is 3.83. The van der Waals surface area contributed by atoms with E-state index in [0.29, 0.717) is 18.7 Å². The molecule has 0 atom stereocenters. The molecule has 3 heterocycles. The maximum Gasteiger partial charge on any atom is 0.254 e. The van der Waals surface area contributed by atoms with Crippen LogP contribution in [0.5, 0.6) is 0 Å². The number of benzene rings is 1. The number of carbonyl (C=O) groups excluding carboxylic acids is 1. The van der Waals surface area contributed by atoms with E-state index in [0.717, 1.165) is 36.0 Å². The summed E-state index contributed by atoms with van der Waals surface area (Å²) in [6, 6.07) is 9.49. The predicted molar refractivity (Wildman–Crippen MR) is 92.4 cm³/mol. The van der Waals surface area contributed by atoms with E-state index >= 15 is 0 Å². The highest BCUT2D eigenvalue weighted by atomic mass is 16.2. The monoisotopic (exact) mass is 336 g/mol. The number of hydrogen-bond donors (Lipinski definition) is 0. The third-order valence-corrected chi connectivity index (χ3v) is 4.53. The first-order chi connectivity index (χ1) is 12.2. The third kappa shape index (κ3) is 2.82. The van der Waals surface area contributed by atoms with E-state index < -0.39 is 0 Å². The maximum absolute atomic E-state index is 12.8. The molecular formula is C18H20N6O. The molecule has 1 aliphatic rings. The van der Waals surface area contributed by atoms with E-state index in [1.807, 2.05) is 48.4 Å². The van der Waals surface area contributed by atoms with Gasteiger partial charge in [0.15, 0.2) is 5.82 Å². The van der Waals surface area contributed by atoms with E-state index in [9.17, 15) is 4.79 Å². The summed E-state index contributed by atoms with van der Waals surface area (Å²) in [4.78, 5) is 14.6. The first-order valence-electron chi connectivity index (χ1n) is 8.48. The molecular weight excluding hydrogens is 316 g/mol. The zero-order valence-corrected chi connectivity index (χ0v) is 14.4. The van der Waals surface area contributed by atoms with Gasteiger partial charge in [-0.1, -0.05) is 6.92 Å². The van der Waals surface area contributed by atoms with Gasteiger partial charge in [-0.2, -0.15) is 5.10 Å². The molecule has 1 aromatic carbocycles. The van der Waals surface area contributed by atoms with Gasteiger partial charge >= 0.3 is 0 Å². The predicted octanol–water partition coefficient (Wildman–Crippen LogP) is 1.99. The van der Waals surface area contributed by atoms with Crippen molar-refractivity contribution in [3.05, 3.63) is 59.4 Å². The van der Waals surface area contributed by atoms with Crippen LogP contribution in [0.1, 0.15) is 34.6 Å². The van der Waals surface area contributed by atoms with Crippen molar-refractivity contribution in [3.63, 3.8) is 0 Å². The lowest BCUT2D eigenvalue weighted by molar-refractivity contribution is 0.0706. The molecule has 0 N–H and O–H groups in total. The van der Waals surface area contributed by atoms with Crippen molar-refractivity contribution in [3.8, 4) is 5.69 Å². The standard InChI is InChI=1S/C18H20N6O/c1-3-16-19-20-17-12-22(10-11-23(16)17)18(25)14-4-6-15(7-5-14)24-9-8-13(2)21-24/h4-9H,3,10-12H2,1-2H3. The second kappa shape index (κ2) is 6.16. The van der Waals surface area contributed by atoms with Gasteiger partial charge in [0.05, 0.1) is 17.9 Å². The smallest absolute Gasteiger partial charge is 0.254 e. The summed E-state index contributed by atoms with van der Waals surface area (Å²) in [5.74, 6) is 1.87. The number of rotatable bonds is 3. The van der Waals surface area contributed by atoms with Crippen LogP contribution in [-0.4, -0.2) is 41.9 Å². The van der Waals surface area contributed by atoms with Crippen LogP contribution in [-0.2, 0) is 19.5 Å². The summed E-state index contributed by atoms with van der Waals surface area (Å²) >= 11 is 0. The van der Waals surface area contributed by atoms with Gasteiger partial charge in [-0.05, 0) is 37.3 Å². The lowest BCUT2D eigenvalue weighted by Crippen LogP contribution is -2.38. The van der Waals surface area contributed by atoms with Crippen molar-refractivity contribution >= 4 is 5.91 Å². The average Bonchev–Trinajstić information content (AvgIpc) is 3.26. The quantitative estimate of drug-likeness (QED) is 0.733. The van der Waals surface area contributed by atoms with E-state index in [4.69, 9.17) is 0 Å². The molecule has 3 aromatic rings. The first-order valence-corrected chi connectivity index (χ1v) is 8.48. The molecule has 7 nitrogen and oxygen atoms in total. The van der Waals surface area contributed by atoms with Crippen LogP contribution in [0.2, 0.25) is 0 Å². The Labute approximate surface area is 145 Å². The van der Waals surface area contributed by atoms with E-state index in [1.54, 1.807) is 4.68 Å². The molecule has 25 heavy (non-hydrogen) atoms. The SMILES string of the molecule is CCc1nnc2n1CCN(C(=O)c1ccc(-n3ccc(C)n3)cc1)C2. The number of aryl methyl sites for hydroxylation is 2. The molecule has 0 fully saturated rings. The number of hydrogen-bond acceptors (Lipinski definition) is 4. The van der Waals surface area contributed by atoms with Crippen LogP contribution in [0.25, 0.3) is 5.69 Å². The third-order valence-electron chi connectivity index (χ3n) is 4.53. The minimum Gasteiger partial charge on any atom is -0.329 e. The number of carbonyl (C=O) groups is 1. The lowest BCUT2D eigenvalue weighted by atomic mass is 10.1. The summed E-state index contributed by atoms with van der Waals surface area (Å²) < 4.78 is 3.92. The molecule has 0 bridgehead atoms. The Balaban J connectivity index is 1.51. The highest BCUT2D eigenvalue weighted by Gasteiger charge is 2.24. The fraction of sp³-hybridized carbons (Fsp3) is 0.333. The fourth-order valence-corrected chi connectivity index (χ4v) is 3.15. The molecule has 7 heteroatoms. The van der Waals surface area contributed by atoms with Crippen molar-refractivity contribution < 1.29 is 4.79 Å². The Morgan fingerprint density at radius 1 is 1.12 bits per heavy atom.